The average Bonchev–Trinajstić information content (AvgIpc) is 3.42. The quantitative estimate of drug-likeness (QED) is 0.361. The molecular formula is C25H32F3N5O2. The van der Waals surface area contributed by atoms with Gasteiger partial charge in [0, 0.05) is 62.2 Å². The number of aromatic nitrogens is 3. The molecule has 0 saturated carbocycles. The topological polar surface area (TPSA) is 55.0 Å². The Morgan fingerprint density at radius 2 is 1.71 bits per heavy atom. The normalized spacial score (nSPS) is 17.4. The number of fused-ring (bicyclic) bond motifs is 1. The van der Waals surface area contributed by atoms with E-state index in [1.165, 1.54) is 4.90 Å². The van der Waals surface area contributed by atoms with Crippen LogP contribution in [0.1, 0.15) is 48.4 Å². The van der Waals surface area contributed by atoms with Gasteiger partial charge in [-0.25, -0.2) is 22.9 Å². The molecule has 2 atom stereocenters. The maximum Gasteiger partial charge on any atom is 0.338 e. The molecule has 1 saturated heterocycles. The van der Waals surface area contributed by atoms with Crippen molar-refractivity contribution >= 4 is 11.5 Å². The largest absolute Gasteiger partial charge is 0.459 e. The first-order chi connectivity index (χ1) is 16.6. The third-order valence-electron chi connectivity index (χ3n) is 6.71. The highest BCUT2D eigenvalue weighted by molar-refractivity contribution is 5.93. The van der Waals surface area contributed by atoms with Gasteiger partial charge in [0.1, 0.15) is 0 Å². The van der Waals surface area contributed by atoms with Crippen LogP contribution in [0.4, 0.5) is 13.2 Å². The molecule has 1 fully saturated rings. The van der Waals surface area contributed by atoms with Gasteiger partial charge in [-0.2, -0.15) is 0 Å². The van der Waals surface area contributed by atoms with E-state index in [4.69, 9.17) is 4.74 Å². The fraction of sp³-hybridized carbons (Fsp3) is 0.520. The van der Waals surface area contributed by atoms with Crippen LogP contribution in [0.15, 0.2) is 30.9 Å². The van der Waals surface area contributed by atoms with Gasteiger partial charge in [-0.1, -0.05) is 0 Å². The molecule has 1 aliphatic heterocycles. The van der Waals surface area contributed by atoms with Crippen molar-refractivity contribution in [2.24, 2.45) is 7.05 Å². The number of nitrogens with zero attached hydrogens (tertiary/aromatic N) is 5. The van der Waals surface area contributed by atoms with Crippen LogP contribution in [0.2, 0.25) is 0 Å². The molecule has 3 aromatic heterocycles. The molecule has 0 aliphatic carbocycles. The number of imidazole rings is 1. The monoisotopic (exact) mass is 491 g/mol. The molecule has 3 aromatic rings. The van der Waals surface area contributed by atoms with Gasteiger partial charge in [-0.05, 0) is 45.4 Å². The number of hydrogen-bond donors (Lipinski definition) is 0. The lowest BCUT2D eigenvalue weighted by Crippen LogP contribution is -2.51. The second-order valence-corrected chi connectivity index (χ2v) is 9.39. The zero-order valence-corrected chi connectivity index (χ0v) is 20.7. The van der Waals surface area contributed by atoms with Crippen molar-refractivity contribution in [2.45, 2.75) is 52.6 Å². The summed E-state index contributed by atoms with van der Waals surface area (Å²) in [5, 5.41) is 0. The Morgan fingerprint density at radius 1 is 1.06 bits per heavy atom. The van der Waals surface area contributed by atoms with Gasteiger partial charge in [0.25, 0.3) is 6.43 Å². The van der Waals surface area contributed by atoms with E-state index < -0.39 is 18.7 Å². The Balaban J connectivity index is 1.74. The van der Waals surface area contributed by atoms with E-state index in [9.17, 15) is 18.0 Å². The van der Waals surface area contributed by atoms with Gasteiger partial charge in [0.05, 0.1) is 29.9 Å². The van der Waals surface area contributed by atoms with Crippen molar-refractivity contribution in [3.8, 4) is 11.3 Å². The Morgan fingerprint density at radius 3 is 2.29 bits per heavy atom. The van der Waals surface area contributed by atoms with E-state index >= 15 is 0 Å². The molecular weight excluding hydrogens is 459 g/mol. The Labute approximate surface area is 203 Å². The van der Waals surface area contributed by atoms with Crippen molar-refractivity contribution < 1.29 is 22.7 Å². The summed E-state index contributed by atoms with van der Waals surface area (Å²) < 4.78 is 49.0. The standard InChI is InChI=1S/C25H32F3N5O2/c1-15(2)35-25(34)20-11-19-10-18(21-12-29-14-30(21)5)13-33(19)22(16(20)3)17(4)31-6-8-32(9-7-31)24(28)23(26)27/h10-15,17,23-24H,6-9H2,1-5H3. The minimum Gasteiger partial charge on any atom is -0.459 e. The zero-order valence-electron chi connectivity index (χ0n) is 20.7. The predicted molar refractivity (Wildman–Crippen MR) is 127 cm³/mol. The number of carbonyl (C=O) groups is 1. The fourth-order valence-electron chi connectivity index (χ4n) is 4.86. The third-order valence-corrected chi connectivity index (χ3v) is 6.71. The van der Waals surface area contributed by atoms with Crippen LogP contribution < -0.4 is 0 Å². The number of esters is 1. The van der Waals surface area contributed by atoms with Crippen molar-refractivity contribution in [2.75, 3.05) is 26.2 Å². The molecule has 4 heterocycles. The third kappa shape index (κ3) is 4.95. The summed E-state index contributed by atoms with van der Waals surface area (Å²) in [6.45, 7) is 8.83. The van der Waals surface area contributed by atoms with Crippen LogP contribution in [-0.4, -0.2) is 74.7 Å². The van der Waals surface area contributed by atoms with Crippen molar-refractivity contribution in [3.63, 3.8) is 0 Å². The van der Waals surface area contributed by atoms with Gasteiger partial charge in [-0.3, -0.25) is 9.80 Å². The van der Waals surface area contributed by atoms with E-state index in [0.29, 0.717) is 18.7 Å². The fourth-order valence-corrected chi connectivity index (χ4v) is 4.86. The molecule has 7 nitrogen and oxygen atoms in total. The van der Waals surface area contributed by atoms with Crippen LogP contribution >= 0.6 is 0 Å². The Hall–Kier alpha value is -2.85. The average molecular weight is 492 g/mol. The van der Waals surface area contributed by atoms with Crippen molar-refractivity contribution in [1.29, 1.82) is 0 Å². The summed E-state index contributed by atoms with van der Waals surface area (Å²) in [6.07, 6.45) is 0.0133. The van der Waals surface area contributed by atoms with Crippen LogP contribution in [0.3, 0.4) is 0 Å². The number of piperazine rings is 1. The molecule has 35 heavy (non-hydrogen) atoms. The lowest BCUT2D eigenvalue weighted by Gasteiger charge is -2.39. The van der Waals surface area contributed by atoms with Gasteiger partial charge < -0.3 is 13.7 Å². The van der Waals surface area contributed by atoms with Crippen LogP contribution in [0, 0.1) is 6.92 Å². The highest BCUT2D eigenvalue weighted by Gasteiger charge is 2.33. The van der Waals surface area contributed by atoms with Gasteiger partial charge in [-0.15, -0.1) is 0 Å². The van der Waals surface area contributed by atoms with Crippen LogP contribution in [0.5, 0.6) is 0 Å². The minimum atomic E-state index is -3.02. The number of aryl methyl sites for hydroxylation is 1. The SMILES string of the molecule is Cc1c(C(=O)OC(C)C)cc2cc(-c3cncn3C)cn2c1C(C)N1CCN(C(F)C(F)F)CC1. The molecule has 0 N–H and O–H groups in total. The maximum atomic E-state index is 13.8. The van der Waals surface area contributed by atoms with Crippen LogP contribution in [0.25, 0.3) is 16.8 Å². The van der Waals surface area contributed by atoms with E-state index in [-0.39, 0.29) is 25.2 Å². The van der Waals surface area contributed by atoms with Gasteiger partial charge >= 0.3 is 5.97 Å². The van der Waals surface area contributed by atoms with Gasteiger partial charge in [0.2, 0.25) is 6.30 Å². The Kier molecular flexibility index (Phi) is 7.23. The number of hydrogen-bond acceptors (Lipinski definition) is 5. The molecule has 0 radical (unpaired) electrons. The molecule has 0 amide bonds. The summed E-state index contributed by atoms with van der Waals surface area (Å²) in [7, 11) is 1.92. The van der Waals surface area contributed by atoms with E-state index in [2.05, 4.69) is 14.3 Å². The summed E-state index contributed by atoms with van der Waals surface area (Å²) in [5.74, 6) is -0.390. The van der Waals surface area contributed by atoms with E-state index in [1.807, 2.05) is 57.6 Å². The van der Waals surface area contributed by atoms with Crippen LogP contribution in [-0.2, 0) is 11.8 Å². The molecule has 0 spiro atoms. The lowest BCUT2D eigenvalue weighted by atomic mass is 10.0. The predicted octanol–water partition coefficient (Wildman–Crippen LogP) is 4.45. The minimum absolute atomic E-state index is 0.150. The second kappa shape index (κ2) is 10.0. The lowest BCUT2D eigenvalue weighted by molar-refractivity contribution is -0.0688. The highest BCUT2D eigenvalue weighted by atomic mass is 19.3. The number of ether oxygens (including phenoxy) is 1. The smallest absolute Gasteiger partial charge is 0.338 e. The molecule has 190 valence electrons. The first-order valence-corrected chi connectivity index (χ1v) is 11.8. The number of pyridine rings is 1. The summed E-state index contributed by atoms with van der Waals surface area (Å²) in [5.41, 5.74) is 4.92. The zero-order chi connectivity index (χ0) is 25.4. The first-order valence-electron chi connectivity index (χ1n) is 11.8. The number of halogens is 3. The number of alkyl halides is 3. The van der Waals surface area contributed by atoms with Crippen molar-refractivity contribution in [3.05, 3.63) is 47.7 Å². The second-order valence-electron chi connectivity index (χ2n) is 9.39. The van der Waals surface area contributed by atoms with Crippen molar-refractivity contribution in [1.82, 2.24) is 23.8 Å². The Bertz CT molecular complexity index is 1200. The molecule has 0 bridgehead atoms. The molecule has 2 unspecified atom stereocenters. The molecule has 0 aromatic carbocycles. The number of rotatable bonds is 7. The van der Waals surface area contributed by atoms with Gasteiger partial charge in [0.15, 0.2) is 0 Å². The van der Waals surface area contributed by atoms with E-state index in [1.54, 1.807) is 12.5 Å². The molecule has 1 aliphatic rings. The number of carbonyl (C=O) groups excluding carboxylic acids is 1. The van der Waals surface area contributed by atoms with E-state index in [0.717, 1.165) is 28.0 Å². The summed E-state index contributed by atoms with van der Waals surface area (Å²) >= 11 is 0. The highest BCUT2D eigenvalue weighted by Crippen LogP contribution is 2.32. The summed E-state index contributed by atoms with van der Waals surface area (Å²) in [4.78, 5) is 20.5. The first kappa shape index (κ1) is 25.2. The summed E-state index contributed by atoms with van der Waals surface area (Å²) in [6, 6.07) is 3.69. The molecule has 10 heteroatoms. The molecule has 4 rings (SSSR count). The maximum absolute atomic E-state index is 13.8.